The van der Waals surface area contributed by atoms with Crippen LogP contribution in [0, 0.1) is 28.6 Å². The second kappa shape index (κ2) is 8.32. The van der Waals surface area contributed by atoms with Crippen LogP contribution in [0.4, 0.5) is 0 Å². The smallest absolute Gasteiger partial charge is 0.159 e. The van der Waals surface area contributed by atoms with Gasteiger partial charge in [-0.3, -0.25) is 4.79 Å². The van der Waals surface area contributed by atoms with Gasteiger partial charge in [-0.05, 0) is 88.7 Å². The molecule has 0 bridgehead atoms. The number of fused-ring (bicyclic) bond motifs is 5. The molecule has 35 heavy (non-hydrogen) atoms. The number of carbonyl (C=O) groups is 1. The molecule has 0 amide bonds. The normalized spacial score (nSPS) is 48.3. The average molecular weight is 497 g/mol. The summed E-state index contributed by atoms with van der Waals surface area (Å²) in [6, 6.07) is 0. The molecule has 0 radical (unpaired) electrons. The van der Waals surface area contributed by atoms with Crippen molar-refractivity contribution >= 4 is 5.78 Å². The topological polar surface area (TPSA) is 159 Å². The molecule has 8 heteroatoms. The van der Waals surface area contributed by atoms with Crippen LogP contribution in [-0.4, -0.2) is 82.7 Å². The fraction of sp³-hybridized carbons (Fsp3) is 0.889. The zero-order valence-electron chi connectivity index (χ0n) is 21.6. The quantitative estimate of drug-likeness (QED) is 0.295. The molecular weight excluding hydrogens is 452 g/mol. The summed E-state index contributed by atoms with van der Waals surface area (Å²) < 4.78 is 0. The highest BCUT2D eigenvalue weighted by molar-refractivity contribution is 5.95. The molecule has 8 nitrogen and oxygen atoms in total. The summed E-state index contributed by atoms with van der Waals surface area (Å²) in [6.45, 7) is 8.52. The van der Waals surface area contributed by atoms with E-state index >= 15 is 0 Å². The van der Waals surface area contributed by atoms with E-state index in [0.29, 0.717) is 12.0 Å². The maximum absolute atomic E-state index is 13.3. The number of ketones is 1. The Morgan fingerprint density at radius 3 is 2.29 bits per heavy atom. The molecule has 0 saturated heterocycles. The number of rotatable bonds is 5. The molecule has 0 aromatic heterocycles. The molecule has 11 atom stereocenters. The molecule has 7 N–H and O–H groups in total. The van der Waals surface area contributed by atoms with E-state index in [4.69, 9.17) is 0 Å². The molecule has 3 fully saturated rings. The fourth-order valence-corrected chi connectivity index (χ4v) is 8.44. The van der Waals surface area contributed by atoms with Gasteiger partial charge in [-0.1, -0.05) is 13.8 Å². The van der Waals surface area contributed by atoms with E-state index in [9.17, 15) is 40.5 Å². The zero-order chi connectivity index (χ0) is 26.4. The van der Waals surface area contributed by atoms with Crippen molar-refractivity contribution in [2.24, 2.45) is 28.6 Å². The third-order valence-electron chi connectivity index (χ3n) is 10.5. The zero-order valence-corrected chi connectivity index (χ0v) is 21.6. The first-order chi connectivity index (χ1) is 15.9. The maximum Gasteiger partial charge on any atom is 0.159 e. The van der Waals surface area contributed by atoms with Crippen LogP contribution in [0.3, 0.4) is 0 Å². The number of allylic oxidation sites excluding steroid dienone is 1. The Morgan fingerprint density at radius 1 is 1.06 bits per heavy atom. The first-order valence-corrected chi connectivity index (χ1v) is 13.0. The van der Waals surface area contributed by atoms with Crippen molar-refractivity contribution in [3.63, 3.8) is 0 Å². The molecule has 0 aliphatic heterocycles. The Balaban J connectivity index is 1.71. The van der Waals surface area contributed by atoms with E-state index in [1.165, 1.54) is 6.08 Å². The molecule has 4 aliphatic carbocycles. The molecule has 0 unspecified atom stereocenters. The van der Waals surface area contributed by atoms with Gasteiger partial charge in [0.15, 0.2) is 5.78 Å². The molecule has 4 aliphatic rings. The highest BCUT2D eigenvalue weighted by atomic mass is 16.3. The minimum atomic E-state index is -1.59. The van der Waals surface area contributed by atoms with Crippen LogP contribution in [0.1, 0.15) is 79.6 Å². The molecule has 3 saturated carbocycles. The lowest BCUT2D eigenvalue weighted by atomic mass is 9.45. The van der Waals surface area contributed by atoms with Crippen molar-refractivity contribution < 1.29 is 40.5 Å². The summed E-state index contributed by atoms with van der Waals surface area (Å²) in [6.07, 6.45) is -1.08. The van der Waals surface area contributed by atoms with Crippen molar-refractivity contribution in [3.8, 4) is 0 Å². The molecule has 0 aromatic carbocycles. The van der Waals surface area contributed by atoms with Gasteiger partial charge in [0.25, 0.3) is 0 Å². The lowest BCUT2D eigenvalue weighted by Gasteiger charge is -2.62. The molecule has 4 rings (SSSR count). The van der Waals surface area contributed by atoms with Crippen molar-refractivity contribution in [3.05, 3.63) is 11.6 Å². The van der Waals surface area contributed by atoms with Crippen molar-refractivity contribution in [2.45, 2.75) is 121 Å². The van der Waals surface area contributed by atoms with E-state index in [0.717, 1.165) is 0 Å². The Hall–Kier alpha value is -0.870. The lowest BCUT2D eigenvalue weighted by Crippen LogP contribution is -2.66. The van der Waals surface area contributed by atoms with Gasteiger partial charge in [0, 0.05) is 17.3 Å². The summed E-state index contributed by atoms with van der Waals surface area (Å²) >= 11 is 0. The predicted octanol–water partition coefficient (Wildman–Crippen LogP) is 0.825. The number of hydrogen-bond donors (Lipinski definition) is 7. The van der Waals surface area contributed by atoms with Gasteiger partial charge in [0.2, 0.25) is 0 Å². The molecule has 0 spiro atoms. The maximum atomic E-state index is 13.3. The second-order valence-electron chi connectivity index (χ2n) is 13.3. The van der Waals surface area contributed by atoms with Crippen LogP contribution >= 0.6 is 0 Å². The van der Waals surface area contributed by atoms with Crippen molar-refractivity contribution in [1.82, 2.24) is 0 Å². The largest absolute Gasteiger partial charge is 0.392 e. The fourth-order valence-electron chi connectivity index (χ4n) is 8.44. The molecule has 0 aromatic rings. The number of aliphatic hydroxyl groups is 7. The highest BCUT2D eigenvalue weighted by Gasteiger charge is 2.71. The summed E-state index contributed by atoms with van der Waals surface area (Å²) in [4.78, 5) is 13.3. The highest BCUT2D eigenvalue weighted by Crippen LogP contribution is 2.68. The first-order valence-electron chi connectivity index (χ1n) is 13.0. The predicted molar refractivity (Wildman–Crippen MR) is 128 cm³/mol. The van der Waals surface area contributed by atoms with Crippen LogP contribution in [0.25, 0.3) is 0 Å². The van der Waals surface area contributed by atoms with E-state index < -0.39 is 69.8 Å². The van der Waals surface area contributed by atoms with Crippen molar-refractivity contribution in [2.75, 3.05) is 0 Å². The van der Waals surface area contributed by atoms with E-state index in [2.05, 4.69) is 0 Å². The first kappa shape index (κ1) is 27.2. The van der Waals surface area contributed by atoms with E-state index in [-0.39, 0.29) is 44.3 Å². The number of carbonyl (C=O) groups excluding carboxylic acids is 1. The Morgan fingerprint density at radius 2 is 1.69 bits per heavy atom. The molecule has 0 heterocycles. The standard InChI is InChI=1S/C27H44O8/c1-23(2,33)8-7-21(32)26(5,34)20-6-9-27(35)15-11-16(28)14-10-17(29)18(30)12-24(14,3)22(15)19(31)13-25(20,27)4/h11,14,17-22,29-35H,6-10,12-13H2,1-5H3/t14-,17+,18-,19+,20-,21-,22+,24-,25+,26+,27+/m0/s1. The second-order valence-corrected chi connectivity index (χ2v) is 13.3. The third-order valence-corrected chi connectivity index (χ3v) is 10.5. The Bertz CT molecular complexity index is 892. The van der Waals surface area contributed by atoms with Crippen LogP contribution in [0.5, 0.6) is 0 Å². The third kappa shape index (κ3) is 3.95. The van der Waals surface area contributed by atoms with Gasteiger partial charge in [0.1, 0.15) is 0 Å². The minimum Gasteiger partial charge on any atom is -0.392 e. The number of aliphatic hydroxyl groups excluding tert-OH is 4. The summed E-state index contributed by atoms with van der Waals surface area (Å²) in [5.74, 6) is -1.89. The average Bonchev–Trinajstić information content (AvgIpc) is 2.99. The lowest BCUT2D eigenvalue weighted by molar-refractivity contribution is -0.197. The van der Waals surface area contributed by atoms with Gasteiger partial charge in [-0.15, -0.1) is 0 Å². The Labute approximate surface area is 207 Å². The molecular formula is C27H44O8. The Kier molecular flexibility index (Phi) is 6.46. The van der Waals surface area contributed by atoms with Gasteiger partial charge >= 0.3 is 0 Å². The summed E-state index contributed by atoms with van der Waals surface area (Å²) in [7, 11) is 0. The van der Waals surface area contributed by atoms with Crippen molar-refractivity contribution in [1.29, 1.82) is 0 Å². The van der Waals surface area contributed by atoms with Crippen LogP contribution in [0.15, 0.2) is 11.6 Å². The van der Waals surface area contributed by atoms with Gasteiger partial charge in [-0.25, -0.2) is 0 Å². The number of hydrogen-bond acceptors (Lipinski definition) is 8. The SMILES string of the molecule is CC(C)(O)CC[C@H](O)[C@](C)(O)[C@H]1CC[C@@]2(O)C3=CC(=O)[C@@H]4C[C@@H](O)[C@@H](O)C[C@]4(C)[C@H]3[C@H](O)C[C@]12C. The van der Waals surface area contributed by atoms with Gasteiger partial charge in [-0.2, -0.15) is 0 Å². The van der Waals surface area contributed by atoms with Crippen LogP contribution in [-0.2, 0) is 4.79 Å². The van der Waals surface area contributed by atoms with E-state index in [1.807, 2.05) is 13.8 Å². The van der Waals surface area contributed by atoms with Crippen LogP contribution in [0.2, 0.25) is 0 Å². The minimum absolute atomic E-state index is 0.115. The molecule has 200 valence electrons. The van der Waals surface area contributed by atoms with Gasteiger partial charge in [0.05, 0.1) is 41.2 Å². The monoisotopic (exact) mass is 496 g/mol. The van der Waals surface area contributed by atoms with Gasteiger partial charge < -0.3 is 35.7 Å². The summed E-state index contributed by atoms with van der Waals surface area (Å²) in [5.41, 5.74) is -5.42. The van der Waals surface area contributed by atoms with Crippen LogP contribution < -0.4 is 0 Å². The van der Waals surface area contributed by atoms with E-state index in [1.54, 1.807) is 20.8 Å². The summed E-state index contributed by atoms with van der Waals surface area (Å²) in [5, 5.41) is 77.0.